The standard InChI is InChI=1S/C16H22N4O4/c1-11-3-4-15(23-11)14(20-5-7-22-8-6-20)10-17-16(21)9-13-12(2)18-24-19-13/h3-4,14H,5-10H2,1-2H3,(H,17,21)/t14-/m1/s1. The predicted molar refractivity (Wildman–Crippen MR) is 84.3 cm³/mol. The first-order chi connectivity index (χ1) is 11.6. The van der Waals surface area contributed by atoms with Gasteiger partial charge in [-0.25, -0.2) is 4.63 Å². The molecule has 1 amide bonds. The van der Waals surface area contributed by atoms with E-state index in [1.165, 1.54) is 0 Å². The molecule has 3 heterocycles. The van der Waals surface area contributed by atoms with Crippen LogP contribution in [-0.4, -0.2) is 54.0 Å². The number of nitrogens with one attached hydrogen (secondary N) is 1. The fourth-order valence-corrected chi connectivity index (χ4v) is 2.77. The number of carbonyl (C=O) groups excluding carboxylic acids is 1. The minimum absolute atomic E-state index is 0.0110. The Labute approximate surface area is 140 Å². The maximum absolute atomic E-state index is 12.2. The summed E-state index contributed by atoms with van der Waals surface area (Å²) in [4.78, 5) is 14.5. The molecule has 1 atom stereocenters. The van der Waals surface area contributed by atoms with Gasteiger partial charge < -0.3 is 14.5 Å². The Morgan fingerprint density at radius 3 is 2.71 bits per heavy atom. The van der Waals surface area contributed by atoms with Gasteiger partial charge >= 0.3 is 0 Å². The lowest BCUT2D eigenvalue weighted by Gasteiger charge is -2.33. The maximum atomic E-state index is 12.2. The van der Waals surface area contributed by atoms with Crippen molar-refractivity contribution < 1.29 is 18.6 Å². The molecule has 1 N–H and O–H groups in total. The summed E-state index contributed by atoms with van der Waals surface area (Å²) >= 11 is 0. The number of morpholine rings is 1. The summed E-state index contributed by atoms with van der Waals surface area (Å²) in [6.07, 6.45) is 0.155. The molecule has 0 aromatic carbocycles. The second-order valence-corrected chi connectivity index (χ2v) is 5.89. The highest BCUT2D eigenvalue weighted by Crippen LogP contribution is 2.23. The first-order valence-corrected chi connectivity index (χ1v) is 8.06. The Hall–Kier alpha value is -2.19. The molecule has 2 aromatic heterocycles. The molecule has 8 heteroatoms. The van der Waals surface area contributed by atoms with Crippen LogP contribution in [0.2, 0.25) is 0 Å². The summed E-state index contributed by atoms with van der Waals surface area (Å²) in [5.74, 6) is 1.60. The number of aromatic nitrogens is 2. The van der Waals surface area contributed by atoms with Gasteiger partial charge in [-0.05, 0) is 26.0 Å². The van der Waals surface area contributed by atoms with Crippen LogP contribution in [0.4, 0.5) is 0 Å². The Morgan fingerprint density at radius 2 is 2.08 bits per heavy atom. The lowest BCUT2D eigenvalue weighted by Crippen LogP contribution is -2.44. The molecule has 2 aromatic rings. The van der Waals surface area contributed by atoms with E-state index in [0.29, 0.717) is 31.1 Å². The van der Waals surface area contributed by atoms with Crippen molar-refractivity contribution in [2.24, 2.45) is 0 Å². The van der Waals surface area contributed by atoms with Gasteiger partial charge in [0, 0.05) is 19.6 Å². The quantitative estimate of drug-likeness (QED) is 0.842. The van der Waals surface area contributed by atoms with Gasteiger partial charge in [0.2, 0.25) is 5.91 Å². The van der Waals surface area contributed by atoms with Crippen molar-refractivity contribution in [3.05, 3.63) is 35.0 Å². The third-order valence-corrected chi connectivity index (χ3v) is 4.14. The number of amides is 1. The van der Waals surface area contributed by atoms with E-state index >= 15 is 0 Å². The molecule has 0 unspecified atom stereocenters. The highest BCUT2D eigenvalue weighted by Gasteiger charge is 2.26. The molecule has 1 saturated heterocycles. The Balaban J connectivity index is 1.63. The summed E-state index contributed by atoms with van der Waals surface area (Å²) in [5.41, 5.74) is 1.20. The van der Waals surface area contributed by atoms with Gasteiger partial charge in [0.05, 0.1) is 25.7 Å². The van der Waals surface area contributed by atoms with Gasteiger partial charge in [-0.3, -0.25) is 9.69 Å². The van der Waals surface area contributed by atoms with Crippen LogP contribution < -0.4 is 5.32 Å². The van der Waals surface area contributed by atoms with Crippen LogP contribution in [0.1, 0.15) is 29.0 Å². The molecule has 0 aliphatic carbocycles. The summed E-state index contributed by atoms with van der Waals surface area (Å²) in [5, 5.41) is 10.4. The van der Waals surface area contributed by atoms with Crippen molar-refractivity contribution in [3.8, 4) is 0 Å². The molecular weight excluding hydrogens is 312 g/mol. The summed E-state index contributed by atoms with van der Waals surface area (Å²) in [7, 11) is 0. The number of aryl methyl sites for hydroxylation is 2. The lowest BCUT2D eigenvalue weighted by molar-refractivity contribution is -0.120. The van der Waals surface area contributed by atoms with Gasteiger partial charge in [-0.1, -0.05) is 10.3 Å². The molecule has 1 aliphatic rings. The lowest BCUT2D eigenvalue weighted by atomic mass is 10.1. The average Bonchev–Trinajstić information content (AvgIpc) is 3.18. The number of furan rings is 1. The van der Waals surface area contributed by atoms with Crippen molar-refractivity contribution in [2.75, 3.05) is 32.8 Å². The van der Waals surface area contributed by atoms with E-state index in [2.05, 4.69) is 25.2 Å². The van der Waals surface area contributed by atoms with E-state index in [4.69, 9.17) is 9.15 Å². The molecule has 24 heavy (non-hydrogen) atoms. The zero-order valence-corrected chi connectivity index (χ0v) is 13.9. The molecule has 1 aliphatic heterocycles. The number of hydrogen-bond donors (Lipinski definition) is 1. The topological polar surface area (TPSA) is 93.6 Å². The average molecular weight is 334 g/mol. The van der Waals surface area contributed by atoms with Crippen LogP contribution in [0.15, 0.2) is 21.2 Å². The van der Waals surface area contributed by atoms with Crippen molar-refractivity contribution in [1.82, 2.24) is 20.5 Å². The SMILES string of the molecule is Cc1ccc([C@@H](CNC(=O)Cc2nonc2C)N2CCOCC2)o1. The number of carbonyl (C=O) groups is 1. The normalized spacial score (nSPS) is 16.9. The first kappa shape index (κ1) is 16.7. The third kappa shape index (κ3) is 4.01. The highest BCUT2D eigenvalue weighted by molar-refractivity contribution is 5.78. The molecule has 8 nitrogen and oxygen atoms in total. The number of ether oxygens (including phenoxy) is 1. The van der Waals surface area contributed by atoms with Crippen LogP contribution in [0, 0.1) is 13.8 Å². The molecular formula is C16H22N4O4. The summed E-state index contributed by atoms with van der Waals surface area (Å²) in [6.45, 7) is 7.15. The fourth-order valence-electron chi connectivity index (χ4n) is 2.77. The van der Waals surface area contributed by atoms with E-state index in [1.54, 1.807) is 6.92 Å². The molecule has 1 fully saturated rings. The van der Waals surface area contributed by atoms with Gasteiger partial charge in [0.1, 0.15) is 22.9 Å². The number of hydrogen-bond acceptors (Lipinski definition) is 7. The van der Waals surface area contributed by atoms with Crippen LogP contribution in [0.5, 0.6) is 0 Å². The van der Waals surface area contributed by atoms with Crippen LogP contribution in [0.3, 0.4) is 0 Å². The second-order valence-electron chi connectivity index (χ2n) is 5.89. The Bertz CT molecular complexity index is 675. The minimum Gasteiger partial charge on any atom is -0.465 e. The smallest absolute Gasteiger partial charge is 0.226 e. The number of rotatable bonds is 6. The van der Waals surface area contributed by atoms with E-state index in [9.17, 15) is 4.79 Å². The third-order valence-electron chi connectivity index (χ3n) is 4.14. The zero-order valence-electron chi connectivity index (χ0n) is 13.9. The van der Waals surface area contributed by atoms with Crippen molar-refractivity contribution in [3.63, 3.8) is 0 Å². The largest absolute Gasteiger partial charge is 0.465 e. The van der Waals surface area contributed by atoms with E-state index in [0.717, 1.165) is 24.6 Å². The van der Waals surface area contributed by atoms with Crippen LogP contribution >= 0.6 is 0 Å². The monoisotopic (exact) mass is 334 g/mol. The summed E-state index contributed by atoms with van der Waals surface area (Å²) in [6, 6.07) is 3.89. The predicted octanol–water partition coefficient (Wildman–Crippen LogP) is 1.01. The van der Waals surface area contributed by atoms with Crippen molar-refractivity contribution in [2.45, 2.75) is 26.3 Å². The molecule has 3 rings (SSSR count). The summed E-state index contributed by atoms with van der Waals surface area (Å²) < 4.78 is 15.8. The van der Waals surface area contributed by atoms with Crippen LogP contribution in [0.25, 0.3) is 0 Å². The molecule has 0 radical (unpaired) electrons. The van der Waals surface area contributed by atoms with Gasteiger partial charge in [-0.15, -0.1) is 0 Å². The van der Waals surface area contributed by atoms with Gasteiger partial charge in [-0.2, -0.15) is 0 Å². The van der Waals surface area contributed by atoms with E-state index < -0.39 is 0 Å². The second kappa shape index (κ2) is 7.59. The highest BCUT2D eigenvalue weighted by atomic mass is 16.6. The van der Waals surface area contributed by atoms with E-state index in [1.807, 2.05) is 19.1 Å². The molecule has 0 saturated carbocycles. The number of nitrogens with zero attached hydrogens (tertiary/aromatic N) is 3. The zero-order chi connectivity index (χ0) is 16.9. The van der Waals surface area contributed by atoms with Crippen LogP contribution in [-0.2, 0) is 16.0 Å². The van der Waals surface area contributed by atoms with Crippen molar-refractivity contribution in [1.29, 1.82) is 0 Å². The fraction of sp³-hybridized carbons (Fsp3) is 0.562. The first-order valence-electron chi connectivity index (χ1n) is 8.06. The molecule has 0 bridgehead atoms. The van der Waals surface area contributed by atoms with Crippen molar-refractivity contribution >= 4 is 5.91 Å². The minimum atomic E-state index is -0.115. The molecule has 0 spiro atoms. The van der Waals surface area contributed by atoms with E-state index in [-0.39, 0.29) is 18.4 Å². The Morgan fingerprint density at radius 1 is 1.29 bits per heavy atom. The molecule has 130 valence electrons. The maximum Gasteiger partial charge on any atom is 0.226 e. The Kier molecular flexibility index (Phi) is 5.27. The van der Waals surface area contributed by atoms with Gasteiger partial charge in [0.15, 0.2) is 0 Å². The van der Waals surface area contributed by atoms with Gasteiger partial charge in [0.25, 0.3) is 0 Å².